The molecule has 0 radical (unpaired) electrons. The second-order valence-corrected chi connectivity index (χ2v) is 6.53. The van der Waals surface area contributed by atoms with E-state index in [1.807, 2.05) is 6.92 Å². The summed E-state index contributed by atoms with van der Waals surface area (Å²) in [5, 5.41) is 6.19. The second-order valence-electron chi connectivity index (χ2n) is 5.44. The first-order valence-corrected chi connectivity index (χ1v) is 8.04. The minimum absolute atomic E-state index is 0.00301. The van der Waals surface area contributed by atoms with Crippen molar-refractivity contribution < 1.29 is 21.9 Å². The Labute approximate surface area is 128 Å². The molecule has 0 fully saturated rings. The van der Waals surface area contributed by atoms with Gasteiger partial charge in [0.05, 0.1) is 12.8 Å². The van der Waals surface area contributed by atoms with Crippen LogP contribution in [0.2, 0.25) is 0 Å². The topological polar surface area (TPSA) is 105 Å². The van der Waals surface area contributed by atoms with E-state index in [-0.39, 0.29) is 24.2 Å². The fourth-order valence-electron chi connectivity index (χ4n) is 1.19. The first-order chi connectivity index (χ1) is 9.32. The molecule has 0 spiro atoms. The van der Waals surface area contributed by atoms with Crippen LogP contribution in [0.4, 0.5) is 0 Å². The van der Waals surface area contributed by atoms with Crippen LogP contribution in [0.25, 0.3) is 0 Å². The highest BCUT2D eigenvalue weighted by atomic mass is 32.3. The zero-order valence-electron chi connectivity index (χ0n) is 13.7. The van der Waals surface area contributed by atoms with Crippen molar-refractivity contribution in [2.24, 2.45) is 0 Å². The molecule has 0 rings (SSSR count). The number of hydrogen-bond acceptors (Lipinski definition) is 5. The van der Waals surface area contributed by atoms with Crippen LogP contribution in [0.15, 0.2) is 12.2 Å². The summed E-state index contributed by atoms with van der Waals surface area (Å²) in [5.41, 5.74) is 0.544. The maximum atomic E-state index is 11.3. The molecule has 126 valence electrons. The second kappa shape index (κ2) is 9.88. The lowest BCUT2D eigenvalue weighted by Gasteiger charge is -2.28. The van der Waals surface area contributed by atoms with Crippen LogP contribution in [0, 0.1) is 0 Å². The predicted octanol–water partition coefficient (Wildman–Crippen LogP) is 1.63. The number of nitrogens with one attached hydrogen (secondary N) is 2. The minimum atomic E-state index is -4.17. The smallest absolute Gasteiger partial charge is 0.337 e. The van der Waals surface area contributed by atoms with Crippen LogP contribution in [0.3, 0.4) is 0 Å². The molecule has 0 aliphatic carbocycles. The molecule has 0 saturated heterocycles. The van der Waals surface area contributed by atoms with Crippen LogP contribution in [0.1, 0.15) is 48.0 Å². The van der Waals surface area contributed by atoms with Crippen molar-refractivity contribution in [2.45, 2.75) is 59.7 Å². The van der Waals surface area contributed by atoms with E-state index in [0.717, 1.165) is 6.42 Å². The molecular weight excluding hydrogens is 296 g/mol. The predicted molar refractivity (Wildman–Crippen MR) is 83.1 cm³/mol. The molecule has 21 heavy (non-hydrogen) atoms. The summed E-state index contributed by atoms with van der Waals surface area (Å²) in [7, 11) is -4.17. The minimum Gasteiger partial charge on any atom is -0.337 e. The molecule has 0 aromatic rings. The molecule has 3 N–H and O–H groups in total. The molecule has 7 nitrogen and oxygen atoms in total. The Morgan fingerprint density at radius 1 is 1.33 bits per heavy atom. The first-order valence-electron chi connectivity index (χ1n) is 6.68. The van der Waals surface area contributed by atoms with Crippen molar-refractivity contribution in [3.05, 3.63) is 12.2 Å². The molecule has 0 aliphatic rings. The van der Waals surface area contributed by atoms with E-state index < -0.39 is 10.4 Å². The Kier molecular flexibility index (Phi) is 10.5. The van der Waals surface area contributed by atoms with Gasteiger partial charge < -0.3 is 5.32 Å². The summed E-state index contributed by atoms with van der Waals surface area (Å²) in [6, 6.07) is 0. The van der Waals surface area contributed by atoms with E-state index in [4.69, 9.17) is 4.55 Å². The van der Waals surface area contributed by atoms with Gasteiger partial charge in [-0.1, -0.05) is 13.5 Å². The monoisotopic (exact) mass is 324 g/mol. The number of amides is 1. The van der Waals surface area contributed by atoms with Crippen LogP contribution >= 0.6 is 0 Å². The average molecular weight is 324 g/mol. The van der Waals surface area contributed by atoms with Gasteiger partial charge in [0.2, 0.25) is 5.91 Å². The summed E-state index contributed by atoms with van der Waals surface area (Å²) in [5.74, 6) is -0.0893. The van der Waals surface area contributed by atoms with Gasteiger partial charge in [-0.3, -0.25) is 14.7 Å². The fourth-order valence-corrected chi connectivity index (χ4v) is 1.49. The lowest BCUT2D eigenvalue weighted by molar-refractivity contribution is -0.118. The van der Waals surface area contributed by atoms with Crippen LogP contribution in [0.5, 0.6) is 0 Å². The Morgan fingerprint density at radius 2 is 1.81 bits per heavy atom. The summed E-state index contributed by atoms with van der Waals surface area (Å²) in [6.45, 7) is 15.0. The van der Waals surface area contributed by atoms with Gasteiger partial charge in [0.25, 0.3) is 0 Å². The van der Waals surface area contributed by atoms with Crippen molar-refractivity contribution in [1.82, 2.24) is 10.6 Å². The van der Waals surface area contributed by atoms with Crippen molar-refractivity contribution in [3.63, 3.8) is 0 Å². The SMILES string of the molecule is C=C(C)C(=O)NC(CC)NC(C)(C)C.CCOS(=O)(=O)O. The quantitative estimate of drug-likeness (QED) is 0.390. The highest BCUT2D eigenvalue weighted by molar-refractivity contribution is 7.80. The van der Waals surface area contributed by atoms with Crippen LogP contribution < -0.4 is 10.6 Å². The normalized spacial score (nSPS) is 12.9. The van der Waals surface area contributed by atoms with E-state index in [1.165, 1.54) is 6.92 Å². The number of rotatable bonds is 6. The summed E-state index contributed by atoms with van der Waals surface area (Å²) < 4.78 is 30.7. The van der Waals surface area contributed by atoms with Crippen molar-refractivity contribution in [1.29, 1.82) is 0 Å². The largest absolute Gasteiger partial charge is 0.397 e. The maximum absolute atomic E-state index is 11.3. The molecule has 0 aliphatic heterocycles. The van der Waals surface area contributed by atoms with Gasteiger partial charge in [0, 0.05) is 11.1 Å². The Hall–Kier alpha value is -0.960. The molecule has 0 heterocycles. The summed E-state index contributed by atoms with van der Waals surface area (Å²) >= 11 is 0. The fraction of sp³-hybridized carbons (Fsp3) is 0.769. The van der Waals surface area contributed by atoms with E-state index in [2.05, 4.69) is 42.2 Å². The van der Waals surface area contributed by atoms with Crippen molar-refractivity contribution >= 4 is 16.3 Å². The zero-order chi connectivity index (χ0) is 17.3. The Balaban J connectivity index is 0. The highest BCUT2D eigenvalue weighted by Crippen LogP contribution is 2.02. The third-order valence-electron chi connectivity index (χ3n) is 1.98. The average Bonchev–Trinajstić information content (AvgIpc) is 2.25. The molecule has 1 atom stereocenters. The molecule has 1 amide bonds. The first kappa shape index (κ1) is 22.3. The van der Waals surface area contributed by atoms with Gasteiger partial charge in [-0.25, -0.2) is 4.18 Å². The third-order valence-corrected chi connectivity index (χ3v) is 2.51. The molecule has 0 bridgehead atoms. The summed E-state index contributed by atoms with van der Waals surface area (Å²) in [4.78, 5) is 11.3. The van der Waals surface area contributed by atoms with Crippen LogP contribution in [-0.2, 0) is 19.4 Å². The lowest BCUT2D eigenvalue weighted by Crippen LogP contribution is -2.52. The van der Waals surface area contributed by atoms with Gasteiger partial charge in [-0.2, -0.15) is 8.42 Å². The molecule has 0 saturated carbocycles. The standard InChI is InChI=1S/C11H22N2O.C2H6O4S/c1-7-9(13-11(4,5)6)12-10(14)8(2)3;1-2-6-7(3,4)5/h9,13H,2,7H2,1,3-6H3,(H,12,14);2H2,1H3,(H,3,4,5). The maximum Gasteiger partial charge on any atom is 0.397 e. The summed E-state index contributed by atoms with van der Waals surface area (Å²) in [6.07, 6.45) is 0.871. The van der Waals surface area contributed by atoms with Crippen molar-refractivity contribution in [3.8, 4) is 0 Å². The van der Waals surface area contributed by atoms with Crippen LogP contribution in [-0.4, -0.2) is 37.2 Å². The van der Waals surface area contributed by atoms with Gasteiger partial charge in [0.1, 0.15) is 0 Å². The number of hydrogen-bond donors (Lipinski definition) is 3. The zero-order valence-corrected chi connectivity index (χ0v) is 14.5. The van der Waals surface area contributed by atoms with Gasteiger partial charge >= 0.3 is 10.4 Å². The number of carbonyl (C=O) groups excluding carboxylic acids is 1. The molecule has 0 aromatic heterocycles. The van der Waals surface area contributed by atoms with E-state index in [9.17, 15) is 13.2 Å². The van der Waals surface area contributed by atoms with Gasteiger partial charge in [-0.05, 0) is 41.0 Å². The van der Waals surface area contributed by atoms with Crippen molar-refractivity contribution in [2.75, 3.05) is 6.61 Å². The molecule has 0 aromatic carbocycles. The van der Waals surface area contributed by atoms with Gasteiger partial charge in [0.15, 0.2) is 0 Å². The van der Waals surface area contributed by atoms with Gasteiger partial charge in [-0.15, -0.1) is 0 Å². The molecule has 8 heteroatoms. The highest BCUT2D eigenvalue weighted by Gasteiger charge is 2.17. The number of carbonyl (C=O) groups is 1. The van der Waals surface area contributed by atoms with E-state index in [0.29, 0.717) is 5.57 Å². The Bertz CT molecular complexity index is 426. The molecule has 1 unspecified atom stereocenters. The van der Waals surface area contributed by atoms with E-state index >= 15 is 0 Å². The van der Waals surface area contributed by atoms with E-state index in [1.54, 1.807) is 6.92 Å². The Morgan fingerprint density at radius 3 is 2.00 bits per heavy atom. The third kappa shape index (κ3) is 17.0. The lowest BCUT2D eigenvalue weighted by atomic mass is 10.1. The molecular formula is C13H28N2O5S.